The minimum atomic E-state index is 0.120. The van der Waals surface area contributed by atoms with Crippen molar-refractivity contribution in [3.05, 3.63) is 35.4 Å². The highest BCUT2D eigenvalue weighted by molar-refractivity contribution is 5.26. The molecule has 1 aliphatic rings. The highest BCUT2D eigenvalue weighted by Crippen LogP contribution is 2.33. The van der Waals surface area contributed by atoms with Gasteiger partial charge in [0.15, 0.2) is 0 Å². The molecule has 0 amide bonds. The van der Waals surface area contributed by atoms with E-state index in [1.807, 2.05) is 0 Å². The molecule has 2 rings (SSSR count). The molecule has 1 aromatic rings. The molecule has 0 bridgehead atoms. The number of hydrogen-bond donors (Lipinski definition) is 1. The second-order valence-corrected chi connectivity index (χ2v) is 5.29. The van der Waals surface area contributed by atoms with Gasteiger partial charge >= 0.3 is 0 Å². The lowest BCUT2D eigenvalue weighted by molar-refractivity contribution is 0.0813. The van der Waals surface area contributed by atoms with Crippen LogP contribution in [0, 0.1) is 5.92 Å². The van der Waals surface area contributed by atoms with Gasteiger partial charge in [-0.1, -0.05) is 44.5 Å². The molecular weight excluding hydrogens is 222 g/mol. The van der Waals surface area contributed by atoms with E-state index in [1.54, 1.807) is 0 Å². The zero-order chi connectivity index (χ0) is 13.0. The van der Waals surface area contributed by atoms with Crippen LogP contribution in [0.15, 0.2) is 24.3 Å². The SMILES string of the molecule is CCCc1cccc(C(N)C2CCOC2CC)c1. The van der Waals surface area contributed by atoms with Crippen molar-refractivity contribution in [2.75, 3.05) is 6.61 Å². The molecule has 0 radical (unpaired) electrons. The molecule has 2 nitrogen and oxygen atoms in total. The summed E-state index contributed by atoms with van der Waals surface area (Å²) in [5, 5.41) is 0. The van der Waals surface area contributed by atoms with Crippen molar-refractivity contribution in [1.82, 2.24) is 0 Å². The van der Waals surface area contributed by atoms with E-state index >= 15 is 0 Å². The van der Waals surface area contributed by atoms with Gasteiger partial charge in [0.1, 0.15) is 0 Å². The molecule has 3 atom stereocenters. The standard InChI is InChI=1S/C16H25NO/c1-3-6-12-7-5-8-13(11-12)16(17)14-9-10-18-15(14)4-2/h5,7-8,11,14-16H,3-4,6,9-10,17H2,1-2H3. The molecule has 0 aliphatic carbocycles. The Morgan fingerprint density at radius 2 is 2.22 bits per heavy atom. The topological polar surface area (TPSA) is 35.2 Å². The Morgan fingerprint density at radius 1 is 1.39 bits per heavy atom. The molecule has 2 N–H and O–H groups in total. The van der Waals surface area contributed by atoms with E-state index in [-0.39, 0.29) is 6.04 Å². The minimum absolute atomic E-state index is 0.120. The largest absolute Gasteiger partial charge is 0.378 e. The normalized spacial score (nSPS) is 25.3. The average Bonchev–Trinajstić information content (AvgIpc) is 2.87. The lowest BCUT2D eigenvalue weighted by Crippen LogP contribution is -2.28. The van der Waals surface area contributed by atoms with E-state index in [1.165, 1.54) is 17.5 Å². The van der Waals surface area contributed by atoms with Gasteiger partial charge in [-0.05, 0) is 30.4 Å². The molecule has 0 spiro atoms. The number of nitrogens with two attached hydrogens (primary N) is 1. The first kappa shape index (κ1) is 13.6. The van der Waals surface area contributed by atoms with Gasteiger partial charge in [-0.15, -0.1) is 0 Å². The van der Waals surface area contributed by atoms with Gasteiger partial charge < -0.3 is 10.5 Å². The molecule has 1 aromatic carbocycles. The van der Waals surface area contributed by atoms with Crippen LogP contribution in [-0.4, -0.2) is 12.7 Å². The summed E-state index contributed by atoms with van der Waals surface area (Å²) in [5.74, 6) is 0.479. The smallest absolute Gasteiger partial charge is 0.0619 e. The van der Waals surface area contributed by atoms with E-state index in [2.05, 4.69) is 38.1 Å². The summed E-state index contributed by atoms with van der Waals surface area (Å²) in [6, 6.07) is 8.89. The number of hydrogen-bond acceptors (Lipinski definition) is 2. The quantitative estimate of drug-likeness (QED) is 0.865. The summed E-state index contributed by atoms with van der Waals surface area (Å²) < 4.78 is 5.76. The molecular formula is C16H25NO. The Kier molecular flexibility index (Phi) is 4.79. The van der Waals surface area contributed by atoms with Gasteiger partial charge in [0.05, 0.1) is 6.10 Å². The van der Waals surface area contributed by atoms with E-state index < -0.39 is 0 Å². The fourth-order valence-corrected chi connectivity index (χ4v) is 2.99. The van der Waals surface area contributed by atoms with Crippen molar-refractivity contribution >= 4 is 0 Å². The van der Waals surface area contributed by atoms with Gasteiger partial charge in [0.2, 0.25) is 0 Å². The van der Waals surface area contributed by atoms with E-state index in [0.717, 1.165) is 25.9 Å². The van der Waals surface area contributed by atoms with Gasteiger partial charge in [-0.25, -0.2) is 0 Å². The fourth-order valence-electron chi connectivity index (χ4n) is 2.99. The Bertz CT molecular complexity index is 377. The van der Waals surface area contributed by atoms with Crippen LogP contribution in [0.2, 0.25) is 0 Å². The molecule has 100 valence electrons. The zero-order valence-corrected chi connectivity index (χ0v) is 11.6. The van der Waals surface area contributed by atoms with Crippen LogP contribution in [0.4, 0.5) is 0 Å². The minimum Gasteiger partial charge on any atom is -0.378 e. The van der Waals surface area contributed by atoms with E-state index in [9.17, 15) is 0 Å². The maximum atomic E-state index is 6.45. The molecule has 2 heteroatoms. The molecule has 1 fully saturated rings. The first-order valence-corrected chi connectivity index (χ1v) is 7.22. The van der Waals surface area contributed by atoms with Crippen molar-refractivity contribution in [3.63, 3.8) is 0 Å². The Morgan fingerprint density at radius 3 is 2.94 bits per heavy atom. The first-order valence-electron chi connectivity index (χ1n) is 7.22. The average molecular weight is 247 g/mol. The van der Waals surface area contributed by atoms with Gasteiger partial charge in [-0.3, -0.25) is 0 Å². The van der Waals surface area contributed by atoms with Crippen molar-refractivity contribution in [2.24, 2.45) is 11.7 Å². The maximum absolute atomic E-state index is 6.45. The Balaban J connectivity index is 2.12. The first-order chi connectivity index (χ1) is 8.76. The zero-order valence-electron chi connectivity index (χ0n) is 11.6. The third kappa shape index (κ3) is 2.93. The molecule has 0 aromatic heterocycles. The summed E-state index contributed by atoms with van der Waals surface area (Å²) in [7, 11) is 0. The molecule has 1 saturated heterocycles. The van der Waals surface area contributed by atoms with Crippen molar-refractivity contribution in [3.8, 4) is 0 Å². The number of aryl methyl sites for hydroxylation is 1. The highest BCUT2D eigenvalue weighted by atomic mass is 16.5. The number of rotatable bonds is 5. The van der Waals surface area contributed by atoms with Crippen molar-refractivity contribution in [1.29, 1.82) is 0 Å². The molecule has 0 saturated carbocycles. The van der Waals surface area contributed by atoms with Crippen LogP contribution in [0.1, 0.15) is 50.3 Å². The summed E-state index contributed by atoms with van der Waals surface area (Å²) in [5.41, 5.74) is 9.12. The summed E-state index contributed by atoms with van der Waals surface area (Å²) in [4.78, 5) is 0. The molecule has 18 heavy (non-hydrogen) atoms. The predicted molar refractivity (Wildman–Crippen MR) is 75.5 cm³/mol. The summed E-state index contributed by atoms with van der Waals surface area (Å²) >= 11 is 0. The fraction of sp³-hybridized carbons (Fsp3) is 0.625. The predicted octanol–water partition coefficient (Wildman–Crippen LogP) is 3.45. The van der Waals surface area contributed by atoms with E-state index in [0.29, 0.717) is 12.0 Å². The van der Waals surface area contributed by atoms with Gasteiger partial charge in [-0.2, -0.15) is 0 Å². The second kappa shape index (κ2) is 6.35. The molecule has 1 heterocycles. The summed E-state index contributed by atoms with van der Waals surface area (Å²) in [6.07, 6.45) is 4.82. The molecule has 1 aliphatic heterocycles. The van der Waals surface area contributed by atoms with Crippen LogP contribution >= 0.6 is 0 Å². The third-order valence-corrected chi connectivity index (χ3v) is 4.00. The second-order valence-electron chi connectivity index (χ2n) is 5.29. The maximum Gasteiger partial charge on any atom is 0.0619 e. The number of benzene rings is 1. The Labute approximate surface area is 111 Å². The summed E-state index contributed by atoms with van der Waals surface area (Å²) in [6.45, 7) is 5.26. The Hall–Kier alpha value is -0.860. The van der Waals surface area contributed by atoms with Crippen LogP contribution < -0.4 is 5.73 Å². The van der Waals surface area contributed by atoms with Gasteiger partial charge in [0, 0.05) is 18.6 Å². The molecule has 3 unspecified atom stereocenters. The van der Waals surface area contributed by atoms with Gasteiger partial charge in [0.25, 0.3) is 0 Å². The van der Waals surface area contributed by atoms with Crippen LogP contribution in [-0.2, 0) is 11.2 Å². The lowest BCUT2D eigenvalue weighted by Gasteiger charge is -2.24. The van der Waals surface area contributed by atoms with E-state index in [4.69, 9.17) is 10.5 Å². The highest BCUT2D eigenvalue weighted by Gasteiger charge is 2.32. The van der Waals surface area contributed by atoms with Crippen LogP contribution in [0.5, 0.6) is 0 Å². The number of ether oxygens (including phenoxy) is 1. The monoisotopic (exact) mass is 247 g/mol. The van der Waals surface area contributed by atoms with Crippen LogP contribution in [0.3, 0.4) is 0 Å². The van der Waals surface area contributed by atoms with Crippen molar-refractivity contribution in [2.45, 2.75) is 51.7 Å². The third-order valence-electron chi connectivity index (χ3n) is 4.00. The lowest BCUT2D eigenvalue weighted by atomic mass is 9.86. The van der Waals surface area contributed by atoms with Crippen molar-refractivity contribution < 1.29 is 4.74 Å². The van der Waals surface area contributed by atoms with Crippen LogP contribution in [0.25, 0.3) is 0 Å².